The van der Waals surface area contributed by atoms with E-state index in [1.807, 2.05) is 18.8 Å². The second-order valence-corrected chi connectivity index (χ2v) is 4.90. The predicted molar refractivity (Wildman–Crippen MR) is 72.7 cm³/mol. The lowest BCUT2D eigenvalue weighted by Gasteiger charge is -2.18. The predicted octanol–water partition coefficient (Wildman–Crippen LogP) is 2.94. The summed E-state index contributed by atoms with van der Waals surface area (Å²) in [6.07, 6.45) is 2.13. The standard InChI is InChI=1S/C13H21NOS/c1-9-6-11(12(14-3)8-16-5)7-10(2)13(9)15-4/h6-7,12,14H,8H2,1-5H3. The van der Waals surface area contributed by atoms with E-state index in [2.05, 4.69) is 37.6 Å². The van der Waals surface area contributed by atoms with Crippen molar-refractivity contribution in [1.82, 2.24) is 5.32 Å². The van der Waals surface area contributed by atoms with Gasteiger partial charge in [-0.05, 0) is 43.8 Å². The summed E-state index contributed by atoms with van der Waals surface area (Å²) in [6.45, 7) is 4.20. The molecule has 1 unspecified atom stereocenters. The Kier molecular flexibility index (Phi) is 5.16. The van der Waals surface area contributed by atoms with Crippen molar-refractivity contribution >= 4 is 11.8 Å². The molecule has 0 aliphatic carbocycles. The molecule has 3 heteroatoms. The third-order valence-corrected chi connectivity index (χ3v) is 3.44. The third-order valence-electron chi connectivity index (χ3n) is 2.77. The first kappa shape index (κ1) is 13.4. The molecule has 0 spiro atoms. The molecule has 0 bridgehead atoms. The molecular weight excluding hydrogens is 218 g/mol. The van der Waals surface area contributed by atoms with Crippen molar-refractivity contribution in [3.63, 3.8) is 0 Å². The summed E-state index contributed by atoms with van der Waals surface area (Å²) in [5.74, 6) is 2.09. The molecule has 0 fully saturated rings. The molecular formula is C13H21NOS. The fraction of sp³-hybridized carbons (Fsp3) is 0.538. The van der Waals surface area contributed by atoms with Gasteiger partial charge in [0, 0.05) is 11.8 Å². The van der Waals surface area contributed by atoms with Gasteiger partial charge in [-0.25, -0.2) is 0 Å². The first-order valence-electron chi connectivity index (χ1n) is 5.45. The molecule has 16 heavy (non-hydrogen) atoms. The zero-order valence-corrected chi connectivity index (χ0v) is 11.6. The van der Waals surface area contributed by atoms with Crippen LogP contribution in [-0.2, 0) is 0 Å². The van der Waals surface area contributed by atoms with Gasteiger partial charge in [-0.1, -0.05) is 12.1 Å². The average molecular weight is 239 g/mol. The molecule has 0 aromatic heterocycles. The van der Waals surface area contributed by atoms with Crippen molar-refractivity contribution in [3.05, 3.63) is 28.8 Å². The largest absolute Gasteiger partial charge is 0.496 e. The highest BCUT2D eigenvalue weighted by molar-refractivity contribution is 7.98. The van der Waals surface area contributed by atoms with Crippen LogP contribution in [0.25, 0.3) is 0 Å². The van der Waals surface area contributed by atoms with E-state index in [-0.39, 0.29) is 0 Å². The van der Waals surface area contributed by atoms with Gasteiger partial charge < -0.3 is 10.1 Å². The molecule has 0 radical (unpaired) electrons. The highest BCUT2D eigenvalue weighted by Crippen LogP contribution is 2.28. The minimum atomic E-state index is 0.415. The fourth-order valence-corrected chi connectivity index (χ4v) is 2.71. The second-order valence-electron chi connectivity index (χ2n) is 3.98. The summed E-state index contributed by atoms with van der Waals surface area (Å²) in [7, 11) is 3.74. The first-order chi connectivity index (χ1) is 7.63. The molecule has 0 saturated heterocycles. The fourth-order valence-electron chi connectivity index (χ4n) is 2.02. The molecule has 0 amide bonds. The van der Waals surface area contributed by atoms with Gasteiger partial charge in [0.25, 0.3) is 0 Å². The minimum Gasteiger partial charge on any atom is -0.496 e. The Morgan fingerprint density at radius 3 is 2.25 bits per heavy atom. The number of methoxy groups -OCH3 is 1. The Morgan fingerprint density at radius 2 is 1.88 bits per heavy atom. The van der Waals surface area contributed by atoms with E-state index < -0.39 is 0 Å². The lowest BCUT2D eigenvalue weighted by molar-refractivity contribution is 0.408. The van der Waals surface area contributed by atoms with Gasteiger partial charge in [0.1, 0.15) is 5.75 Å². The van der Waals surface area contributed by atoms with Gasteiger partial charge in [0.05, 0.1) is 7.11 Å². The topological polar surface area (TPSA) is 21.3 Å². The van der Waals surface area contributed by atoms with Gasteiger partial charge in [0.15, 0.2) is 0 Å². The molecule has 0 aliphatic heterocycles. The maximum atomic E-state index is 5.38. The van der Waals surface area contributed by atoms with Crippen molar-refractivity contribution in [2.24, 2.45) is 0 Å². The lowest BCUT2D eigenvalue weighted by atomic mass is 10.0. The molecule has 2 nitrogen and oxygen atoms in total. The van der Waals surface area contributed by atoms with Crippen LogP contribution in [0.15, 0.2) is 12.1 Å². The zero-order chi connectivity index (χ0) is 12.1. The van der Waals surface area contributed by atoms with Gasteiger partial charge in [0.2, 0.25) is 0 Å². The summed E-state index contributed by atoms with van der Waals surface area (Å²) in [4.78, 5) is 0. The van der Waals surface area contributed by atoms with Crippen LogP contribution in [0.3, 0.4) is 0 Å². The van der Waals surface area contributed by atoms with Crippen molar-refractivity contribution in [2.75, 3.05) is 26.2 Å². The highest BCUT2D eigenvalue weighted by Gasteiger charge is 2.12. The second kappa shape index (κ2) is 6.16. The van der Waals surface area contributed by atoms with Crippen molar-refractivity contribution < 1.29 is 4.74 Å². The van der Waals surface area contributed by atoms with Crippen molar-refractivity contribution in [2.45, 2.75) is 19.9 Å². The summed E-state index contributed by atoms with van der Waals surface area (Å²) in [6, 6.07) is 4.84. The van der Waals surface area contributed by atoms with E-state index in [4.69, 9.17) is 4.74 Å². The SMILES string of the molecule is CNC(CSC)c1cc(C)c(OC)c(C)c1. The molecule has 0 saturated carbocycles. The maximum Gasteiger partial charge on any atom is 0.124 e. The van der Waals surface area contributed by atoms with Crippen LogP contribution in [0, 0.1) is 13.8 Å². The quantitative estimate of drug-likeness (QED) is 0.853. The van der Waals surface area contributed by atoms with Crippen LogP contribution in [0.2, 0.25) is 0 Å². The molecule has 1 aromatic rings. The number of rotatable bonds is 5. The van der Waals surface area contributed by atoms with Crippen molar-refractivity contribution in [1.29, 1.82) is 0 Å². The number of hydrogen-bond donors (Lipinski definition) is 1. The Labute approximate surface area is 103 Å². The van der Waals surface area contributed by atoms with Gasteiger partial charge >= 0.3 is 0 Å². The van der Waals surface area contributed by atoms with E-state index in [9.17, 15) is 0 Å². The monoisotopic (exact) mass is 239 g/mol. The van der Waals surface area contributed by atoms with Crippen LogP contribution in [-0.4, -0.2) is 26.2 Å². The normalized spacial score (nSPS) is 12.6. The van der Waals surface area contributed by atoms with E-state index >= 15 is 0 Å². The number of benzene rings is 1. The summed E-state index contributed by atoms with van der Waals surface area (Å²) in [5.41, 5.74) is 3.75. The highest BCUT2D eigenvalue weighted by atomic mass is 32.2. The molecule has 1 atom stereocenters. The average Bonchev–Trinajstić information content (AvgIpc) is 2.25. The first-order valence-corrected chi connectivity index (χ1v) is 6.84. The maximum absolute atomic E-state index is 5.38. The van der Waals surface area contributed by atoms with Crippen LogP contribution in [0.4, 0.5) is 0 Å². The molecule has 1 rings (SSSR count). The van der Waals surface area contributed by atoms with Gasteiger partial charge in [-0.15, -0.1) is 0 Å². The Bertz CT molecular complexity index is 329. The Morgan fingerprint density at radius 1 is 1.31 bits per heavy atom. The summed E-state index contributed by atoms with van der Waals surface area (Å²) < 4.78 is 5.38. The molecule has 0 aliphatic rings. The number of thioether (sulfide) groups is 1. The Balaban J connectivity index is 3.06. The number of aryl methyl sites for hydroxylation is 2. The lowest BCUT2D eigenvalue weighted by Crippen LogP contribution is -2.19. The smallest absolute Gasteiger partial charge is 0.124 e. The molecule has 1 aromatic carbocycles. The molecule has 90 valence electrons. The van der Waals surface area contributed by atoms with E-state index in [1.54, 1.807) is 7.11 Å². The van der Waals surface area contributed by atoms with Crippen LogP contribution in [0.1, 0.15) is 22.7 Å². The molecule has 1 N–H and O–H groups in total. The van der Waals surface area contributed by atoms with Crippen LogP contribution >= 0.6 is 11.8 Å². The van der Waals surface area contributed by atoms with E-state index in [1.165, 1.54) is 16.7 Å². The Hall–Kier alpha value is -0.670. The van der Waals surface area contributed by atoms with E-state index in [0.717, 1.165) is 11.5 Å². The summed E-state index contributed by atoms with van der Waals surface area (Å²) >= 11 is 1.86. The van der Waals surface area contributed by atoms with Gasteiger partial charge in [-0.3, -0.25) is 0 Å². The number of ether oxygens (including phenoxy) is 1. The van der Waals surface area contributed by atoms with Crippen LogP contribution < -0.4 is 10.1 Å². The zero-order valence-electron chi connectivity index (χ0n) is 10.8. The minimum absolute atomic E-state index is 0.415. The van der Waals surface area contributed by atoms with E-state index in [0.29, 0.717) is 6.04 Å². The van der Waals surface area contributed by atoms with Gasteiger partial charge in [-0.2, -0.15) is 11.8 Å². The number of hydrogen-bond acceptors (Lipinski definition) is 3. The molecule has 0 heterocycles. The third kappa shape index (κ3) is 2.92. The summed E-state index contributed by atoms with van der Waals surface area (Å²) in [5, 5.41) is 3.35. The number of nitrogens with one attached hydrogen (secondary N) is 1. The van der Waals surface area contributed by atoms with Crippen LogP contribution in [0.5, 0.6) is 5.75 Å². The van der Waals surface area contributed by atoms with Crippen molar-refractivity contribution in [3.8, 4) is 5.75 Å².